The van der Waals surface area contributed by atoms with Gasteiger partial charge in [0.1, 0.15) is 0 Å². The maximum absolute atomic E-state index is 4.48. The molecule has 1 saturated heterocycles. The molecule has 0 spiro atoms. The molecule has 4 fully saturated rings. The third-order valence-electron chi connectivity index (χ3n) is 6.27. The fourth-order valence-corrected chi connectivity index (χ4v) is 4.99. The van der Waals surface area contributed by atoms with Gasteiger partial charge in [0, 0.05) is 13.1 Å². The Hall–Kier alpha value is -1.12. The molecule has 5 aliphatic rings. The first-order valence-corrected chi connectivity index (χ1v) is 7.93. The van der Waals surface area contributed by atoms with E-state index in [0.29, 0.717) is 0 Å². The van der Waals surface area contributed by atoms with E-state index in [4.69, 9.17) is 0 Å². The predicted octanol–water partition coefficient (Wildman–Crippen LogP) is 2.59. The van der Waals surface area contributed by atoms with Crippen LogP contribution in [0, 0.1) is 17.3 Å². The van der Waals surface area contributed by atoms with Gasteiger partial charge in [0.25, 0.3) is 0 Å². The van der Waals surface area contributed by atoms with Gasteiger partial charge in [-0.2, -0.15) is 5.10 Å². The van der Waals surface area contributed by atoms with Crippen LogP contribution in [0.2, 0.25) is 0 Å². The van der Waals surface area contributed by atoms with E-state index >= 15 is 0 Å². The van der Waals surface area contributed by atoms with Crippen LogP contribution in [-0.2, 0) is 12.8 Å². The van der Waals surface area contributed by atoms with Gasteiger partial charge in [-0.1, -0.05) is 0 Å². The minimum Gasteiger partial charge on any atom is -0.355 e. The number of anilines is 1. The molecule has 3 saturated carbocycles. The van der Waals surface area contributed by atoms with E-state index in [9.17, 15) is 0 Å². The summed E-state index contributed by atoms with van der Waals surface area (Å²) >= 11 is 0. The second kappa shape index (κ2) is 3.50. The Kier molecular flexibility index (Phi) is 1.96. The Balaban J connectivity index is 1.36. The van der Waals surface area contributed by atoms with Gasteiger partial charge in [-0.25, -0.2) is 0 Å². The van der Waals surface area contributed by atoms with Gasteiger partial charge in [0.15, 0.2) is 5.82 Å². The van der Waals surface area contributed by atoms with Crippen LogP contribution in [0.1, 0.15) is 43.4 Å². The molecule has 2 heterocycles. The van der Waals surface area contributed by atoms with E-state index in [2.05, 4.69) is 21.2 Å². The topological polar surface area (TPSA) is 29.0 Å². The molecule has 1 unspecified atom stereocenters. The first-order chi connectivity index (χ1) is 9.32. The molecule has 100 valence electrons. The molecule has 0 amide bonds. The molecule has 1 atom stereocenters. The number of fused-ring (bicyclic) bond motifs is 1. The molecule has 3 heteroatoms. The van der Waals surface area contributed by atoms with Crippen LogP contribution < -0.4 is 4.90 Å². The van der Waals surface area contributed by atoms with E-state index < -0.39 is 0 Å². The van der Waals surface area contributed by atoms with Crippen molar-refractivity contribution < 1.29 is 0 Å². The SMILES string of the molecule is c1c(N2CCC(C34CC(C3)C4)C2)nnc2c1CCC2. The quantitative estimate of drug-likeness (QED) is 0.813. The largest absolute Gasteiger partial charge is 0.355 e. The third kappa shape index (κ3) is 1.39. The summed E-state index contributed by atoms with van der Waals surface area (Å²) in [5.74, 6) is 3.19. The Morgan fingerprint density at radius 3 is 2.84 bits per heavy atom. The molecule has 0 radical (unpaired) electrons. The predicted molar refractivity (Wildman–Crippen MR) is 74.2 cm³/mol. The Morgan fingerprint density at radius 1 is 1.16 bits per heavy atom. The standard InChI is InChI=1S/C16H21N3/c1-2-12-6-15(18-17-14(12)3-1)19-5-4-13(10-19)16-7-11(8-16)9-16/h6,11,13H,1-5,7-10H2. The molecule has 4 aliphatic carbocycles. The number of nitrogens with zero attached hydrogens (tertiary/aromatic N) is 3. The highest BCUT2D eigenvalue weighted by Gasteiger charge is 2.60. The number of aromatic nitrogens is 2. The molecule has 0 aromatic carbocycles. The summed E-state index contributed by atoms with van der Waals surface area (Å²) in [6, 6.07) is 2.32. The lowest BCUT2D eigenvalue weighted by Crippen LogP contribution is -2.56. The summed E-state index contributed by atoms with van der Waals surface area (Å²) in [5.41, 5.74) is 3.47. The molecule has 1 aromatic heterocycles. The fraction of sp³-hybridized carbons (Fsp3) is 0.750. The summed E-state index contributed by atoms with van der Waals surface area (Å²) in [4.78, 5) is 2.50. The second-order valence-electron chi connectivity index (χ2n) is 7.30. The lowest BCUT2D eigenvalue weighted by atomic mass is 9.40. The van der Waals surface area contributed by atoms with Crippen LogP contribution in [0.4, 0.5) is 5.82 Å². The van der Waals surface area contributed by atoms with Crippen molar-refractivity contribution in [2.45, 2.75) is 44.9 Å². The monoisotopic (exact) mass is 255 g/mol. The van der Waals surface area contributed by atoms with E-state index in [1.165, 1.54) is 62.9 Å². The van der Waals surface area contributed by atoms with Crippen molar-refractivity contribution in [2.24, 2.45) is 17.3 Å². The van der Waals surface area contributed by atoms with Gasteiger partial charge in [-0.3, -0.25) is 0 Å². The number of hydrogen-bond acceptors (Lipinski definition) is 3. The van der Waals surface area contributed by atoms with Crippen LogP contribution in [0.3, 0.4) is 0 Å². The molecule has 2 bridgehead atoms. The highest BCUT2D eigenvalue weighted by molar-refractivity contribution is 5.44. The van der Waals surface area contributed by atoms with Crippen molar-refractivity contribution in [2.75, 3.05) is 18.0 Å². The van der Waals surface area contributed by atoms with Gasteiger partial charge in [0.05, 0.1) is 5.69 Å². The second-order valence-corrected chi connectivity index (χ2v) is 7.30. The average Bonchev–Trinajstić information content (AvgIpc) is 2.91. The molecule has 0 N–H and O–H groups in total. The maximum atomic E-state index is 4.48. The normalized spacial score (nSPS) is 38.8. The molecule has 1 aromatic rings. The van der Waals surface area contributed by atoms with Crippen LogP contribution in [0.15, 0.2) is 6.07 Å². The highest BCUT2D eigenvalue weighted by atomic mass is 15.3. The zero-order valence-corrected chi connectivity index (χ0v) is 11.4. The summed E-state index contributed by atoms with van der Waals surface area (Å²) in [5, 5.41) is 8.92. The van der Waals surface area contributed by atoms with Crippen LogP contribution in [-0.4, -0.2) is 23.3 Å². The zero-order valence-electron chi connectivity index (χ0n) is 11.4. The Bertz CT molecular complexity index is 522. The zero-order chi connectivity index (χ0) is 12.4. The van der Waals surface area contributed by atoms with Gasteiger partial charge in [-0.05, 0) is 73.8 Å². The summed E-state index contributed by atoms with van der Waals surface area (Å²) in [7, 11) is 0. The average molecular weight is 255 g/mol. The summed E-state index contributed by atoms with van der Waals surface area (Å²) < 4.78 is 0. The molecule has 6 rings (SSSR count). The van der Waals surface area contributed by atoms with Crippen molar-refractivity contribution in [3.63, 3.8) is 0 Å². The third-order valence-corrected chi connectivity index (χ3v) is 6.27. The smallest absolute Gasteiger partial charge is 0.151 e. The fourth-order valence-electron chi connectivity index (χ4n) is 4.99. The molecular weight excluding hydrogens is 234 g/mol. The molecule has 3 nitrogen and oxygen atoms in total. The first kappa shape index (κ1) is 10.6. The number of aryl methyl sites for hydroxylation is 2. The van der Waals surface area contributed by atoms with E-state index in [-0.39, 0.29) is 0 Å². The van der Waals surface area contributed by atoms with Crippen molar-refractivity contribution in [3.05, 3.63) is 17.3 Å². The van der Waals surface area contributed by atoms with Gasteiger partial charge in [-0.15, -0.1) is 5.10 Å². The Labute approximate surface area is 114 Å². The van der Waals surface area contributed by atoms with Crippen molar-refractivity contribution >= 4 is 5.82 Å². The van der Waals surface area contributed by atoms with Crippen LogP contribution in [0.25, 0.3) is 0 Å². The molecular formula is C16H21N3. The van der Waals surface area contributed by atoms with Gasteiger partial charge < -0.3 is 4.90 Å². The lowest BCUT2D eigenvalue weighted by Gasteiger charge is -2.65. The van der Waals surface area contributed by atoms with Gasteiger partial charge >= 0.3 is 0 Å². The minimum absolute atomic E-state index is 0.767. The van der Waals surface area contributed by atoms with E-state index in [0.717, 1.165) is 29.5 Å². The van der Waals surface area contributed by atoms with E-state index in [1.807, 2.05) is 0 Å². The maximum Gasteiger partial charge on any atom is 0.151 e. The molecule has 19 heavy (non-hydrogen) atoms. The minimum atomic E-state index is 0.767. The Morgan fingerprint density at radius 2 is 2.05 bits per heavy atom. The van der Waals surface area contributed by atoms with Crippen molar-refractivity contribution in [1.29, 1.82) is 0 Å². The van der Waals surface area contributed by atoms with Crippen molar-refractivity contribution in [1.82, 2.24) is 10.2 Å². The number of hydrogen-bond donors (Lipinski definition) is 0. The van der Waals surface area contributed by atoms with Gasteiger partial charge in [0.2, 0.25) is 0 Å². The van der Waals surface area contributed by atoms with Crippen LogP contribution >= 0.6 is 0 Å². The van der Waals surface area contributed by atoms with Crippen LogP contribution in [0.5, 0.6) is 0 Å². The lowest BCUT2D eigenvalue weighted by molar-refractivity contribution is -0.145. The highest BCUT2D eigenvalue weighted by Crippen LogP contribution is 2.69. The first-order valence-electron chi connectivity index (χ1n) is 7.93. The van der Waals surface area contributed by atoms with Crippen molar-refractivity contribution in [3.8, 4) is 0 Å². The number of rotatable bonds is 2. The summed E-state index contributed by atoms with van der Waals surface area (Å²) in [6.07, 6.45) is 9.58. The van der Waals surface area contributed by atoms with E-state index in [1.54, 1.807) is 0 Å². The molecule has 1 aliphatic heterocycles. The summed E-state index contributed by atoms with van der Waals surface area (Å²) in [6.45, 7) is 2.44.